The molecule has 0 heterocycles. The Hall–Kier alpha value is -1.88. The number of carbonyl (C=O) groups excluding carboxylic acids is 1. The van der Waals surface area contributed by atoms with Gasteiger partial charge in [-0.25, -0.2) is 5.48 Å². The number of hydrogen-bond acceptors (Lipinski definition) is 3. The van der Waals surface area contributed by atoms with E-state index in [2.05, 4.69) is 5.48 Å². The van der Waals surface area contributed by atoms with Crippen molar-refractivity contribution in [3.8, 4) is 0 Å². The van der Waals surface area contributed by atoms with Crippen LogP contribution in [0.3, 0.4) is 0 Å². The van der Waals surface area contributed by atoms with E-state index in [9.17, 15) is 9.59 Å². The summed E-state index contributed by atoms with van der Waals surface area (Å²) in [6.45, 7) is 0.275. The summed E-state index contributed by atoms with van der Waals surface area (Å²) in [6, 6.07) is 9.40. The highest BCUT2D eigenvalue weighted by Crippen LogP contribution is 2.38. The fourth-order valence-corrected chi connectivity index (χ4v) is 1.60. The summed E-state index contributed by atoms with van der Waals surface area (Å²) in [4.78, 5) is 27.0. The maximum Gasteiger partial charge on any atom is 0.307 e. The summed E-state index contributed by atoms with van der Waals surface area (Å²) in [7, 11) is 0. The fraction of sp³-hybridized carbons (Fsp3) is 0.333. The van der Waals surface area contributed by atoms with E-state index in [1.165, 1.54) is 0 Å². The van der Waals surface area contributed by atoms with Gasteiger partial charge in [-0.1, -0.05) is 30.3 Å². The Bertz CT molecular complexity index is 418. The maximum absolute atomic E-state index is 11.4. The molecular formula is C12H13NO4. The minimum Gasteiger partial charge on any atom is -0.481 e. The number of amides is 1. The van der Waals surface area contributed by atoms with Gasteiger partial charge in [0.05, 0.1) is 18.4 Å². The van der Waals surface area contributed by atoms with Crippen molar-refractivity contribution < 1.29 is 19.5 Å². The zero-order valence-corrected chi connectivity index (χ0v) is 9.13. The molecule has 1 fully saturated rings. The van der Waals surface area contributed by atoms with Gasteiger partial charge in [0.15, 0.2) is 0 Å². The quantitative estimate of drug-likeness (QED) is 0.745. The first-order valence-corrected chi connectivity index (χ1v) is 5.37. The van der Waals surface area contributed by atoms with Gasteiger partial charge in [0.1, 0.15) is 0 Å². The van der Waals surface area contributed by atoms with Crippen molar-refractivity contribution >= 4 is 11.9 Å². The molecule has 2 rings (SSSR count). The molecule has 2 atom stereocenters. The lowest BCUT2D eigenvalue weighted by atomic mass is 10.2. The molecule has 17 heavy (non-hydrogen) atoms. The van der Waals surface area contributed by atoms with Gasteiger partial charge in [0, 0.05) is 0 Å². The Kier molecular flexibility index (Phi) is 3.39. The second-order valence-corrected chi connectivity index (χ2v) is 4.03. The molecular weight excluding hydrogens is 222 g/mol. The fourth-order valence-electron chi connectivity index (χ4n) is 1.60. The van der Waals surface area contributed by atoms with Gasteiger partial charge in [-0.05, 0) is 12.0 Å². The van der Waals surface area contributed by atoms with Crippen molar-refractivity contribution in [1.29, 1.82) is 0 Å². The molecule has 1 aliphatic rings. The Morgan fingerprint density at radius 1 is 1.29 bits per heavy atom. The molecule has 1 aromatic carbocycles. The van der Waals surface area contributed by atoms with Crippen LogP contribution in [0.15, 0.2) is 30.3 Å². The molecule has 90 valence electrons. The van der Waals surface area contributed by atoms with Crippen molar-refractivity contribution in [2.24, 2.45) is 11.8 Å². The normalized spacial score (nSPS) is 21.9. The molecule has 1 aromatic rings. The minimum absolute atomic E-state index is 0.275. The lowest BCUT2D eigenvalue weighted by Gasteiger charge is -2.05. The largest absolute Gasteiger partial charge is 0.481 e. The molecule has 2 N–H and O–H groups in total. The molecule has 1 aliphatic carbocycles. The van der Waals surface area contributed by atoms with Gasteiger partial charge in [0.25, 0.3) is 0 Å². The minimum atomic E-state index is -0.923. The lowest BCUT2D eigenvalue weighted by Crippen LogP contribution is -2.26. The van der Waals surface area contributed by atoms with E-state index in [0.717, 1.165) is 5.56 Å². The van der Waals surface area contributed by atoms with Crippen molar-refractivity contribution in [1.82, 2.24) is 5.48 Å². The molecule has 1 amide bonds. The number of hydrogen-bond donors (Lipinski definition) is 2. The molecule has 0 aromatic heterocycles. The standard InChI is InChI=1S/C12H13NO4/c14-11(9-6-10(9)12(15)16)13-17-7-8-4-2-1-3-5-8/h1-5,9-10H,6-7H2,(H,13,14)(H,15,16)/t9-,10+/m1/s1. The summed E-state index contributed by atoms with van der Waals surface area (Å²) in [5.41, 5.74) is 3.22. The molecule has 0 bridgehead atoms. The first kappa shape index (κ1) is 11.6. The highest BCUT2D eigenvalue weighted by Gasteiger charge is 2.48. The van der Waals surface area contributed by atoms with Gasteiger partial charge in [-0.15, -0.1) is 0 Å². The molecule has 1 saturated carbocycles. The van der Waals surface area contributed by atoms with E-state index in [0.29, 0.717) is 6.42 Å². The number of benzene rings is 1. The Labute approximate surface area is 98.3 Å². The van der Waals surface area contributed by atoms with Crippen LogP contribution in [-0.4, -0.2) is 17.0 Å². The van der Waals surface area contributed by atoms with Crippen LogP contribution in [0.4, 0.5) is 0 Å². The molecule has 0 radical (unpaired) electrons. The maximum atomic E-state index is 11.4. The third-order valence-electron chi connectivity index (χ3n) is 2.70. The van der Waals surface area contributed by atoms with Crippen LogP contribution in [0.5, 0.6) is 0 Å². The van der Waals surface area contributed by atoms with Gasteiger partial charge in [-0.2, -0.15) is 0 Å². The summed E-state index contributed by atoms with van der Waals surface area (Å²) in [6.07, 6.45) is 0.399. The monoisotopic (exact) mass is 235 g/mol. The smallest absolute Gasteiger partial charge is 0.307 e. The average molecular weight is 235 g/mol. The predicted octanol–water partition coefficient (Wildman–Crippen LogP) is 0.955. The Balaban J connectivity index is 1.70. The van der Waals surface area contributed by atoms with E-state index < -0.39 is 17.8 Å². The third kappa shape index (κ3) is 3.04. The third-order valence-corrected chi connectivity index (χ3v) is 2.70. The van der Waals surface area contributed by atoms with Gasteiger partial charge < -0.3 is 5.11 Å². The number of hydroxylamine groups is 1. The molecule has 5 heteroatoms. The van der Waals surface area contributed by atoms with Gasteiger partial charge >= 0.3 is 5.97 Å². The predicted molar refractivity (Wildman–Crippen MR) is 58.6 cm³/mol. The van der Waals surface area contributed by atoms with Crippen LogP contribution < -0.4 is 5.48 Å². The molecule has 0 unspecified atom stereocenters. The van der Waals surface area contributed by atoms with Crippen LogP contribution in [0.1, 0.15) is 12.0 Å². The van der Waals surface area contributed by atoms with Gasteiger partial charge in [-0.3, -0.25) is 14.4 Å². The summed E-state index contributed by atoms with van der Waals surface area (Å²) >= 11 is 0. The summed E-state index contributed by atoms with van der Waals surface area (Å²) in [5.74, 6) is -2.26. The topological polar surface area (TPSA) is 75.6 Å². The van der Waals surface area contributed by atoms with Crippen LogP contribution in [0, 0.1) is 11.8 Å². The lowest BCUT2D eigenvalue weighted by molar-refractivity contribution is -0.143. The average Bonchev–Trinajstić information content (AvgIpc) is 3.10. The first-order valence-electron chi connectivity index (χ1n) is 5.37. The summed E-state index contributed by atoms with van der Waals surface area (Å²) < 4.78 is 0. The van der Waals surface area contributed by atoms with E-state index >= 15 is 0 Å². The number of carbonyl (C=O) groups is 2. The second-order valence-electron chi connectivity index (χ2n) is 4.03. The highest BCUT2D eigenvalue weighted by atomic mass is 16.6. The molecule has 0 spiro atoms. The molecule has 5 nitrogen and oxygen atoms in total. The zero-order valence-electron chi connectivity index (χ0n) is 9.13. The number of carboxylic acid groups (broad SMARTS) is 1. The Morgan fingerprint density at radius 3 is 2.59 bits per heavy atom. The molecule has 0 saturated heterocycles. The number of carboxylic acids is 1. The van der Waals surface area contributed by atoms with Crippen molar-refractivity contribution in [2.45, 2.75) is 13.0 Å². The number of nitrogens with one attached hydrogen (secondary N) is 1. The first-order chi connectivity index (χ1) is 8.18. The van der Waals surface area contributed by atoms with Crippen molar-refractivity contribution in [2.75, 3.05) is 0 Å². The van der Waals surface area contributed by atoms with Crippen LogP contribution >= 0.6 is 0 Å². The highest BCUT2D eigenvalue weighted by molar-refractivity contribution is 5.88. The second kappa shape index (κ2) is 4.97. The number of rotatable bonds is 5. The zero-order chi connectivity index (χ0) is 12.3. The molecule has 0 aliphatic heterocycles. The van der Waals surface area contributed by atoms with Crippen molar-refractivity contribution in [3.63, 3.8) is 0 Å². The van der Waals surface area contributed by atoms with Gasteiger partial charge in [0.2, 0.25) is 5.91 Å². The van der Waals surface area contributed by atoms with E-state index in [4.69, 9.17) is 9.94 Å². The van der Waals surface area contributed by atoms with E-state index in [1.807, 2.05) is 30.3 Å². The van der Waals surface area contributed by atoms with Crippen LogP contribution in [0.2, 0.25) is 0 Å². The van der Waals surface area contributed by atoms with Crippen molar-refractivity contribution in [3.05, 3.63) is 35.9 Å². The van der Waals surface area contributed by atoms with E-state index in [-0.39, 0.29) is 12.5 Å². The van der Waals surface area contributed by atoms with E-state index in [1.54, 1.807) is 0 Å². The summed E-state index contributed by atoms with van der Waals surface area (Å²) in [5, 5.41) is 8.66. The van der Waals surface area contributed by atoms with Crippen LogP contribution in [0.25, 0.3) is 0 Å². The van der Waals surface area contributed by atoms with Crippen LogP contribution in [-0.2, 0) is 21.0 Å². The SMILES string of the molecule is O=C(O)[C@H]1C[C@H]1C(=O)NOCc1ccccc1. The number of aliphatic carboxylic acids is 1. The Morgan fingerprint density at radius 2 is 2.00 bits per heavy atom.